The van der Waals surface area contributed by atoms with Gasteiger partial charge in [0.15, 0.2) is 0 Å². The van der Waals surface area contributed by atoms with E-state index in [1.165, 1.54) is 5.56 Å². The molecule has 148 valence electrons. The van der Waals surface area contributed by atoms with E-state index < -0.39 is 0 Å². The first kappa shape index (κ1) is 22.5. The third-order valence-electron chi connectivity index (χ3n) is 4.16. The molecule has 0 fully saturated rings. The molecule has 28 heavy (non-hydrogen) atoms. The van der Waals surface area contributed by atoms with Gasteiger partial charge in [-0.25, -0.2) is 19.9 Å². The van der Waals surface area contributed by atoms with Gasteiger partial charge in [0.25, 0.3) is 0 Å². The van der Waals surface area contributed by atoms with Gasteiger partial charge in [-0.15, -0.1) is 0 Å². The SMILES string of the molecule is CCC[C@H](Cc1nc(Cl)ncc1C)c1cccnc1.Cc1cnc(Cl)nc1Cl. The van der Waals surface area contributed by atoms with Gasteiger partial charge in [0.05, 0.1) is 0 Å². The zero-order valence-electron chi connectivity index (χ0n) is 16.0. The van der Waals surface area contributed by atoms with Crippen molar-refractivity contribution in [3.63, 3.8) is 0 Å². The molecule has 3 rings (SSSR count). The highest BCUT2D eigenvalue weighted by molar-refractivity contribution is 6.32. The highest BCUT2D eigenvalue weighted by Crippen LogP contribution is 2.25. The van der Waals surface area contributed by atoms with Gasteiger partial charge in [0.2, 0.25) is 10.6 Å². The second-order valence-corrected chi connectivity index (χ2v) is 7.39. The first-order valence-corrected chi connectivity index (χ1v) is 10.1. The Morgan fingerprint density at radius 1 is 0.929 bits per heavy atom. The van der Waals surface area contributed by atoms with Gasteiger partial charge < -0.3 is 0 Å². The monoisotopic (exact) mass is 437 g/mol. The number of nitrogens with zero attached hydrogens (tertiary/aromatic N) is 5. The second-order valence-electron chi connectivity index (χ2n) is 6.36. The summed E-state index contributed by atoms with van der Waals surface area (Å²) in [6.07, 6.45) is 10.3. The van der Waals surface area contributed by atoms with Crippen LogP contribution >= 0.6 is 34.8 Å². The quantitative estimate of drug-likeness (QED) is 0.358. The molecule has 0 spiro atoms. The predicted molar refractivity (Wildman–Crippen MR) is 114 cm³/mol. The van der Waals surface area contributed by atoms with Crippen molar-refractivity contribution >= 4 is 34.8 Å². The molecule has 0 saturated heterocycles. The second kappa shape index (κ2) is 11.2. The van der Waals surface area contributed by atoms with E-state index in [4.69, 9.17) is 34.8 Å². The zero-order chi connectivity index (χ0) is 20.5. The van der Waals surface area contributed by atoms with Crippen LogP contribution < -0.4 is 0 Å². The lowest BCUT2D eigenvalue weighted by atomic mass is 9.90. The van der Waals surface area contributed by atoms with Crippen molar-refractivity contribution in [3.05, 3.63) is 75.0 Å². The summed E-state index contributed by atoms with van der Waals surface area (Å²) in [5.41, 5.74) is 4.22. The Labute approximate surface area is 180 Å². The van der Waals surface area contributed by atoms with Crippen molar-refractivity contribution in [1.29, 1.82) is 0 Å². The summed E-state index contributed by atoms with van der Waals surface area (Å²) in [5.74, 6) is 0.434. The van der Waals surface area contributed by atoms with Crippen molar-refractivity contribution in [3.8, 4) is 0 Å². The normalized spacial score (nSPS) is 11.5. The third kappa shape index (κ3) is 6.97. The van der Waals surface area contributed by atoms with Crippen LogP contribution in [0.2, 0.25) is 15.7 Å². The van der Waals surface area contributed by atoms with Crippen LogP contribution in [-0.4, -0.2) is 24.9 Å². The van der Waals surface area contributed by atoms with Gasteiger partial charge in [-0.2, -0.15) is 0 Å². The van der Waals surface area contributed by atoms with E-state index in [1.807, 2.05) is 26.1 Å². The molecule has 0 amide bonds. The Morgan fingerprint density at radius 2 is 1.61 bits per heavy atom. The molecule has 0 aromatic carbocycles. The van der Waals surface area contributed by atoms with Gasteiger partial charge in [0.1, 0.15) is 5.15 Å². The van der Waals surface area contributed by atoms with Crippen LogP contribution in [0.3, 0.4) is 0 Å². The standard InChI is InChI=1S/C15H18ClN3.C5H4Cl2N2/c1-3-5-12(13-6-4-7-17-10-13)8-14-11(2)9-18-15(16)19-14;1-3-2-8-5(7)9-4(3)6/h4,6-7,9-10,12H,3,5,8H2,1-2H3;2H,1H3/t12-;/m1./s1. The summed E-state index contributed by atoms with van der Waals surface area (Å²) in [6.45, 7) is 6.04. The molecular weight excluding hydrogens is 417 g/mol. The molecule has 0 aliphatic heterocycles. The Bertz CT molecular complexity index is 890. The minimum atomic E-state index is 0.186. The Morgan fingerprint density at radius 3 is 2.18 bits per heavy atom. The number of pyridine rings is 1. The Hall–Kier alpha value is -1.82. The van der Waals surface area contributed by atoms with Crippen molar-refractivity contribution in [2.45, 2.75) is 46.0 Å². The van der Waals surface area contributed by atoms with Gasteiger partial charge in [0, 0.05) is 36.0 Å². The summed E-state index contributed by atoms with van der Waals surface area (Å²) in [7, 11) is 0. The average molecular weight is 439 g/mol. The number of aromatic nitrogens is 5. The lowest BCUT2D eigenvalue weighted by molar-refractivity contribution is 0.598. The van der Waals surface area contributed by atoms with Crippen molar-refractivity contribution in [1.82, 2.24) is 24.9 Å². The van der Waals surface area contributed by atoms with E-state index in [-0.39, 0.29) is 5.28 Å². The lowest BCUT2D eigenvalue weighted by Crippen LogP contribution is -2.07. The van der Waals surface area contributed by atoms with E-state index in [0.29, 0.717) is 16.4 Å². The molecule has 5 nitrogen and oxygen atoms in total. The van der Waals surface area contributed by atoms with Crippen LogP contribution in [0.25, 0.3) is 0 Å². The van der Waals surface area contributed by atoms with Gasteiger partial charge in [-0.05, 0) is 73.0 Å². The number of rotatable bonds is 5. The maximum Gasteiger partial charge on any atom is 0.223 e. The Kier molecular flexibility index (Phi) is 9.03. The summed E-state index contributed by atoms with van der Waals surface area (Å²) in [5, 5.41) is 0.919. The van der Waals surface area contributed by atoms with E-state index >= 15 is 0 Å². The van der Waals surface area contributed by atoms with Crippen molar-refractivity contribution in [2.24, 2.45) is 0 Å². The third-order valence-corrected chi connectivity index (χ3v) is 4.91. The average Bonchev–Trinajstić information content (AvgIpc) is 2.68. The number of aryl methyl sites for hydroxylation is 2. The molecule has 0 bridgehead atoms. The molecule has 1 atom stereocenters. The molecule has 0 radical (unpaired) electrons. The Balaban J connectivity index is 0.000000261. The molecule has 0 aliphatic carbocycles. The molecule has 0 saturated carbocycles. The van der Waals surface area contributed by atoms with Crippen LogP contribution in [0.1, 0.15) is 48.1 Å². The summed E-state index contributed by atoms with van der Waals surface area (Å²) >= 11 is 16.9. The number of hydrogen-bond acceptors (Lipinski definition) is 5. The zero-order valence-corrected chi connectivity index (χ0v) is 18.3. The van der Waals surface area contributed by atoms with Crippen LogP contribution in [-0.2, 0) is 6.42 Å². The fraction of sp³-hybridized carbons (Fsp3) is 0.350. The van der Waals surface area contributed by atoms with Crippen molar-refractivity contribution < 1.29 is 0 Å². The summed E-state index contributed by atoms with van der Waals surface area (Å²) in [4.78, 5) is 20.0. The number of hydrogen-bond donors (Lipinski definition) is 0. The molecule has 0 aliphatic rings. The molecule has 3 aromatic heterocycles. The van der Waals surface area contributed by atoms with Gasteiger partial charge in [-0.3, -0.25) is 4.98 Å². The number of halogens is 3. The van der Waals surface area contributed by atoms with Crippen molar-refractivity contribution in [2.75, 3.05) is 0 Å². The predicted octanol–water partition coefficient (Wildman–Crippen LogP) is 6.05. The topological polar surface area (TPSA) is 64.5 Å². The van der Waals surface area contributed by atoms with E-state index in [0.717, 1.165) is 36.1 Å². The maximum atomic E-state index is 5.89. The molecule has 8 heteroatoms. The highest BCUT2D eigenvalue weighted by atomic mass is 35.5. The van der Waals surface area contributed by atoms with E-state index in [1.54, 1.807) is 18.6 Å². The van der Waals surface area contributed by atoms with Crippen LogP contribution in [0.5, 0.6) is 0 Å². The maximum absolute atomic E-state index is 5.89. The smallest absolute Gasteiger partial charge is 0.223 e. The molecular formula is C20H22Cl3N5. The lowest BCUT2D eigenvalue weighted by Gasteiger charge is -2.16. The largest absolute Gasteiger partial charge is 0.264 e. The van der Waals surface area contributed by atoms with Crippen LogP contribution in [0, 0.1) is 13.8 Å². The highest BCUT2D eigenvalue weighted by Gasteiger charge is 2.14. The first-order chi connectivity index (χ1) is 13.4. The summed E-state index contributed by atoms with van der Waals surface area (Å²) < 4.78 is 0. The van der Waals surface area contributed by atoms with Crippen LogP contribution in [0.15, 0.2) is 36.9 Å². The summed E-state index contributed by atoms with van der Waals surface area (Å²) in [6, 6.07) is 4.11. The van der Waals surface area contributed by atoms with Gasteiger partial charge in [-0.1, -0.05) is 31.0 Å². The van der Waals surface area contributed by atoms with E-state index in [2.05, 4.69) is 37.9 Å². The minimum Gasteiger partial charge on any atom is -0.264 e. The molecule has 0 unspecified atom stereocenters. The fourth-order valence-electron chi connectivity index (χ4n) is 2.65. The molecule has 3 aromatic rings. The van der Waals surface area contributed by atoms with E-state index in [9.17, 15) is 0 Å². The van der Waals surface area contributed by atoms with Crippen LogP contribution in [0.4, 0.5) is 0 Å². The fourth-order valence-corrected chi connectivity index (χ4v) is 3.10. The first-order valence-electron chi connectivity index (χ1n) is 8.93. The molecule has 3 heterocycles. The molecule has 0 N–H and O–H groups in total. The van der Waals surface area contributed by atoms with Gasteiger partial charge >= 0.3 is 0 Å². The minimum absolute atomic E-state index is 0.186.